The average molecular weight is 327 g/mol. The molecule has 0 aliphatic carbocycles. The minimum atomic E-state index is -0.704. The third-order valence-corrected chi connectivity index (χ3v) is 5.13. The van der Waals surface area contributed by atoms with Crippen LogP contribution < -0.4 is 4.90 Å². The number of benzene rings is 1. The number of carbonyl (C=O) groups excluding carboxylic acids is 2. The number of amides is 1. The topological polar surface area (TPSA) is 55.8 Å². The Morgan fingerprint density at radius 2 is 2.12 bits per heavy atom. The van der Waals surface area contributed by atoms with Crippen LogP contribution in [-0.4, -0.2) is 36.2 Å². The van der Waals surface area contributed by atoms with Gasteiger partial charge in [-0.05, 0) is 32.4 Å². The highest BCUT2D eigenvalue weighted by atomic mass is 16.6. The third-order valence-electron chi connectivity index (χ3n) is 5.13. The number of aryl methyl sites for hydroxylation is 1. The minimum absolute atomic E-state index is 0.0538. The maximum Gasteiger partial charge on any atom is 0.313 e. The maximum atomic E-state index is 13.1. The fraction of sp³-hybridized carbons (Fsp3) is 0.474. The molecule has 1 aromatic rings. The largest absolute Gasteiger partial charge is 0.463 e. The van der Waals surface area contributed by atoms with Crippen LogP contribution in [0.4, 0.5) is 5.69 Å². The molecule has 4 atom stereocenters. The van der Waals surface area contributed by atoms with Gasteiger partial charge in [-0.25, -0.2) is 0 Å². The van der Waals surface area contributed by atoms with Crippen LogP contribution in [0, 0.1) is 18.8 Å². The van der Waals surface area contributed by atoms with Crippen molar-refractivity contribution >= 4 is 17.6 Å². The molecular weight excluding hydrogens is 306 g/mol. The number of para-hydroxylation sites is 1. The van der Waals surface area contributed by atoms with E-state index in [0.717, 1.165) is 11.3 Å². The van der Waals surface area contributed by atoms with E-state index in [1.54, 1.807) is 4.90 Å². The second-order valence-electron chi connectivity index (χ2n) is 7.10. The van der Waals surface area contributed by atoms with Crippen molar-refractivity contribution in [3.05, 3.63) is 42.0 Å². The van der Waals surface area contributed by atoms with Crippen LogP contribution in [0.1, 0.15) is 19.4 Å². The molecule has 1 spiro atoms. The summed E-state index contributed by atoms with van der Waals surface area (Å²) in [6, 6.07) is 7.78. The Balaban J connectivity index is 1.69. The fourth-order valence-corrected chi connectivity index (χ4v) is 4.15. The van der Waals surface area contributed by atoms with Crippen LogP contribution in [0.25, 0.3) is 0 Å². The summed E-state index contributed by atoms with van der Waals surface area (Å²) < 4.78 is 11.5. The monoisotopic (exact) mass is 327 g/mol. The van der Waals surface area contributed by atoms with Crippen LogP contribution in [0.2, 0.25) is 0 Å². The van der Waals surface area contributed by atoms with Gasteiger partial charge in [-0.15, -0.1) is 0 Å². The normalized spacial score (nSPS) is 33.4. The van der Waals surface area contributed by atoms with Crippen LogP contribution in [0.15, 0.2) is 36.4 Å². The maximum absolute atomic E-state index is 13.1. The molecule has 3 aliphatic heterocycles. The summed E-state index contributed by atoms with van der Waals surface area (Å²) in [6.45, 7) is 6.05. The van der Waals surface area contributed by atoms with Gasteiger partial charge in [0.15, 0.2) is 0 Å². The Kier molecular flexibility index (Phi) is 3.32. The van der Waals surface area contributed by atoms with Gasteiger partial charge in [0, 0.05) is 5.69 Å². The van der Waals surface area contributed by atoms with E-state index in [1.165, 1.54) is 0 Å². The Hall–Kier alpha value is -2.14. The Labute approximate surface area is 141 Å². The molecule has 0 radical (unpaired) electrons. The molecular formula is C19H21NO4. The summed E-state index contributed by atoms with van der Waals surface area (Å²) in [7, 11) is 0. The fourth-order valence-electron chi connectivity index (χ4n) is 4.15. The van der Waals surface area contributed by atoms with Crippen molar-refractivity contribution < 1.29 is 19.1 Å². The molecule has 5 nitrogen and oxygen atoms in total. The first-order chi connectivity index (χ1) is 11.4. The number of ether oxygens (including phenoxy) is 2. The number of carbonyl (C=O) groups is 2. The average Bonchev–Trinajstić information content (AvgIpc) is 3.15. The van der Waals surface area contributed by atoms with E-state index in [9.17, 15) is 9.59 Å². The lowest BCUT2D eigenvalue weighted by molar-refractivity contribution is -0.156. The van der Waals surface area contributed by atoms with E-state index in [0.29, 0.717) is 6.54 Å². The summed E-state index contributed by atoms with van der Waals surface area (Å²) in [5.74, 6) is -1.45. The molecule has 1 amide bonds. The number of nitrogens with zero attached hydrogens (tertiary/aromatic N) is 1. The third kappa shape index (κ3) is 2.04. The van der Waals surface area contributed by atoms with E-state index >= 15 is 0 Å². The van der Waals surface area contributed by atoms with E-state index in [4.69, 9.17) is 9.47 Å². The quantitative estimate of drug-likeness (QED) is 0.631. The lowest BCUT2D eigenvalue weighted by Crippen LogP contribution is -2.40. The summed E-state index contributed by atoms with van der Waals surface area (Å²) in [5, 5.41) is 0. The van der Waals surface area contributed by atoms with Gasteiger partial charge < -0.3 is 14.4 Å². The molecule has 0 aromatic heterocycles. The van der Waals surface area contributed by atoms with Gasteiger partial charge in [0.25, 0.3) is 0 Å². The first-order valence-corrected chi connectivity index (χ1v) is 8.37. The van der Waals surface area contributed by atoms with Crippen LogP contribution in [0.3, 0.4) is 0 Å². The number of esters is 1. The summed E-state index contributed by atoms with van der Waals surface area (Å²) in [6.07, 6.45) is 3.29. The van der Waals surface area contributed by atoms with Crippen LogP contribution >= 0.6 is 0 Å². The molecule has 0 saturated carbocycles. The van der Waals surface area contributed by atoms with Gasteiger partial charge in [-0.3, -0.25) is 9.59 Å². The van der Waals surface area contributed by atoms with Gasteiger partial charge in [0.05, 0.1) is 24.7 Å². The van der Waals surface area contributed by atoms with Gasteiger partial charge in [0.1, 0.15) is 11.5 Å². The van der Waals surface area contributed by atoms with Crippen molar-refractivity contribution in [2.45, 2.75) is 38.6 Å². The van der Waals surface area contributed by atoms with Crippen molar-refractivity contribution in [2.24, 2.45) is 11.8 Å². The first kappa shape index (κ1) is 15.4. The van der Waals surface area contributed by atoms with E-state index in [1.807, 2.05) is 57.2 Å². The second kappa shape index (κ2) is 5.18. The lowest BCUT2D eigenvalue weighted by atomic mass is 9.77. The predicted octanol–water partition coefficient (Wildman–Crippen LogP) is 2.23. The lowest BCUT2D eigenvalue weighted by Gasteiger charge is -2.23. The predicted molar refractivity (Wildman–Crippen MR) is 88.5 cm³/mol. The van der Waals surface area contributed by atoms with Gasteiger partial charge >= 0.3 is 5.97 Å². The molecule has 0 unspecified atom stereocenters. The van der Waals surface area contributed by atoms with E-state index < -0.39 is 17.4 Å². The van der Waals surface area contributed by atoms with Gasteiger partial charge in [-0.1, -0.05) is 30.4 Å². The van der Waals surface area contributed by atoms with Gasteiger partial charge in [-0.2, -0.15) is 0 Å². The highest BCUT2D eigenvalue weighted by Crippen LogP contribution is 2.53. The summed E-state index contributed by atoms with van der Waals surface area (Å²) in [5.41, 5.74) is 1.20. The molecule has 2 bridgehead atoms. The number of rotatable bonds is 3. The zero-order chi connectivity index (χ0) is 17.1. The molecule has 1 aromatic carbocycles. The van der Waals surface area contributed by atoms with E-state index in [-0.39, 0.29) is 24.1 Å². The van der Waals surface area contributed by atoms with Crippen LogP contribution in [-0.2, 0) is 19.1 Å². The summed E-state index contributed by atoms with van der Waals surface area (Å²) in [4.78, 5) is 27.4. The zero-order valence-corrected chi connectivity index (χ0v) is 14.1. The van der Waals surface area contributed by atoms with Crippen LogP contribution in [0.5, 0.6) is 0 Å². The number of hydrogen-bond donors (Lipinski definition) is 0. The van der Waals surface area contributed by atoms with Crippen molar-refractivity contribution in [1.82, 2.24) is 0 Å². The minimum Gasteiger partial charge on any atom is -0.463 e. The number of hydrogen-bond acceptors (Lipinski definition) is 4. The molecule has 24 heavy (non-hydrogen) atoms. The number of anilines is 1. The van der Waals surface area contributed by atoms with Gasteiger partial charge in [0.2, 0.25) is 5.91 Å². The van der Waals surface area contributed by atoms with E-state index in [2.05, 4.69) is 0 Å². The van der Waals surface area contributed by atoms with Crippen molar-refractivity contribution in [1.29, 1.82) is 0 Å². The number of fused-ring (bicyclic) bond motifs is 1. The Morgan fingerprint density at radius 3 is 2.83 bits per heavy atom. The first-order valence-electron chi connectivity index (χ1n) is 8.37. The van der Waals surface area contributed by atoms with Crippen molar-refractivity contribution in [3.63, 3.8) is 0 Å². The Bertz CT molecular complexity index is 741. The second-order valence-corrected chi connectivity index (χ2v) is 7.10. The van der Waals surface area contributed by atoms with Crippen molar-refractivity contribution in [2.75, 3.05) is 11.4 Å². The summed E-state index contributed by atoms with van der Waals surface area (Å²) >= 11 is 0. The molecule has 2 saturated heterocycles. The molecule has 3 heterocycles. The standard InChI is InChI=1S/C19H21NO4/c1-11(2)23-18(22)15-14-8-9-19(24-14)10-20(17(21)16(15)19)13-7-5-4-6-12(13)3/h4-9,11,14-16H,10H2,1-3H3/t14-,15-,16+,19+/m1/s1. The Morgan fingerprint density at radius 1 is 1.38 bits per heavy atom. The molecule has 0 N–H and O–H groups in total. The molecule has 4 rings (SSSR count). The molecule has 5 heteroatoms. The molecule has 126 valence electrons. The molecule has 2 fully saturated rings. The SMILES string of the molecule is Cc1ccccc1N1C[C@]23C=C[C@@H](O2)[C@@H](C(=O)OC(C)C)[C@H]3C1=O. The molecule has 3 aliphatic rings. The zero-order valence-electron chi connectivity index (χ0n) is 14.1. The van der Waals surface area contributed by atoms with Crippen molar-refractivity contribution in [3.8, 4) is 0 Å². The highest BCUT2D eigenvalue weighted by Gasteiger charge is 2.67. The smallest absolute Gasteiger partial charge is 0.313 e. The highest BCUT2D eigenvalue weighted by molar-refractivity contribution is 6.03.